The molecular weight excluding hydrogens is 404 g/mol. The van der Waals surface area contributed by atoms with Gasteiger partial charge in [0.15, 0.2) is 5.78 Å². The summed E-state index contributed by atoms with van der Waals surface area (Å²) in [6, 6.07) is 16.2. The Morgan fingerprint density at radius 3 is 2.28 bits per heavy atom. The zero-order chi connectivity index (χ0) is 21.4. The average molecular weight is 431 g/mol. The normalized spacial score (nSPS) is 12.7. The number of carboxylic acids is 1. The van der Waals surface area contributed by atoms with E-state index < -0.39 is 17.9 Å². The lowest BCUT2D eigenvalue weighted by molar-refractivity contribution is -0.138. The molecule has 0 radical (unpaired) electrons. The molecule has 0 aliphatic rings. The minimum absolute atomic E-state index is 0.124. The lowest BCUT2D eigenvalue weighted by atomic mass is 9.99. The van der Waals surface area contributed by atoms with Crippen LogP contribution in [0.25, 0.3) is 0 Å². The number of thioether (sulfide) groups is 1. The van der Waals surface area contributed by atoms with Gasteiger partial charge in [0.1, 0.15) is 6.04 Å². The van der Waals surface area contributed by atoms with Crippen LogP contribution in [-0.4, -0.2) is 47.7 Å². The molecule has 7 heteroatoms. The summed E-state index contributed by atoms with van der Waals surface area (Å²) in [6.07, 6.45) is 0. The summed E-state index contributed by atoms with van der Waals surface area (Å²) >= 11 is 6.84. The van der Waals surface area contributed by atoms with Crippen LogP contribution >= 0.6 is 24.0 Å². The highest BCUT2D eigenvalue weighted by Crippen LogP contribution is 2.18. The van der Waals surface area contributed by atoms with Gasteiger partial charge in [-0.05, 0) is 24.6 Å². The van der Waals surface area contributed by atoms with Crippen molar-refractivity contribution in [3.8, 4) is 0 Å². The van der Waals surface area contributed by atoms with Gasteiger partial charge in [0.05, 0.1) is 10.9 Å². The van der Waals surface area contributed by atoms with Gasteiger partial charge in [0.2, 0.25) is 0 Å². The molecule has 5 nitrogen and oxygen atoms in total. The first-order valence-corrected chi connectivity index (χ1v) is 10.8. The lowest BCUT2D eigenvalue weighted by Crippen LogP contribution is -2.45. The third-order valence-electron chi connectivity index (χ3n) is 4.47. The Labute approximate surface area is 181 Å². The summed E-state index contributed by atoms with van der Waals surface area (Å²) in [7, 11) is 3.97. The zero-order valence-electron chi connectivity index (χ0n) is 16.8. The number of hydrogen-bond donors (Lipinski definition) is 2. The predicted octanol–water partition coefficient (Wildman–Crippen LogP) is 3.88. The molecule has 0 aliphatic heterocycles. The highest BCUT2D eigenvalue weighted by Gasteiger charge is 2.24. The molecule has 2 aromatic rings. The van der Waals surface area contributed by atoms with Crippen LogP contribution in [0.5, 0.6) is 0 Å². The third kappa shape index (κ3) is 6.87. The Morgan fingerprint density at radius 2 is 1.72 bits per heavy atom. The fourth-order valence-electron chi connectivity index (χ4n) is 2.63. The summed E-state index contributed by atoms with van der Waals surface area (Å²) in [6.45, 7) is 1.70. The van der Waals surface area contributed by atoms with Crippen molar-refractivity contribution in [2.45, 2.75) is 18.7 Å². The summed E-state index contributed by atoms with van der Waals surface area (Å²) in [5, 5.41) is 12.4. The number of anilines is 1. The van der Waals surface area contributed by atoms with Gasteiger partial charge in [-0.25, -0.2) is 4.79 Å². The first kappa shape index (κ1) is 22.9. The van der Waals surface area contributed by atoms with Crippen molar-refractivity contribution in [1.82, 2.24) is 5.32 Å². The molecule has 0 fully saturated rings. The van der Waals surface area contributed by atoms with Crippen molar-refractivity contribution < 1.29 is 14.7 Å². The van der Waals surface area contributed by atoms with E-state index in [2.05, 4.69) is 5.32 Å². The van der Waals surface area contributed by atoms with Crippen molar-refractivity contribution >= 4 is 46.4 Å². The standard InChI is InChI=1S/C22H26N2O3S2/c1-15(20(25)17-7-5-4-6-8-17)21(28)23-19(22(26)27)14-29-13-16-9-11-18(12-10-16)24(2)3/h4-12,15,19H,13-14H2,1-3H3,(H,23,28)(H,26,27)/t15-,19+/m1/s1. The molecule has 0 saturated heterocycles. The maximum absolute atomic E-state index is 12.5. The molecule has 2 aromatic carbocycles. The van der Waals surface area contributed by atoms with E-state index in [-0.39, 0.29) is 10.8 Å². The van der Waals surface area contributed by atoms with Gasteiger partial charge in [0, 0.05) is 36.9 Å². The first-order chi connectivity index (χ1) is 13.8. The first-order valence-electron chi connectivity index (χ1n) is 9.26. The Hall–Kier alpha value is -2.38. The highest BCUT2D eigenvalue weighted by molar-refractivity contribution is 7.98. The van der Waals surface area contributed by atoms with Crippen LogP contribution in [0, 0.1) is 5.92 Å². The van der Waals surface area contributed by atoms with E-state index in [9.17, 15) is 14.7 Å². The molecule has 0 saturated carbocycles. The predicted molar refractivity (Wildman–Crippen MR) is 124 cm³/mol. The smallest absolute Gasteiger partial charge is 0.326 e. The highest BCUT2D eigenvalue weighted by atomic mass is 32.2. The molecule has 29 heavy (non-hydrogen) atoms. The fraction of sp³-hybridized carbons (Fsp3) is 0.318. The number of rotatable bonds is 10. The molecule has 0 spiro atoms. The maximum atomic E-state index is 12.5. The molecule has 0 heterocycles. The minimum Gasteiger partial charge on any atom is -0.480 e. The maximum Gasteiger partial charge on any atom is 0.326 e. The second-order valence-corrected chi connectivity index (χ2v) is 8.40. The fourth-order valence-corrected chi connectivity index (χ4v) is 3.88. The van der Waals surface area contributed by atoms with Gasteiger partial charge >= 0.3 is 5.97 Å². The molecule has 0 unspecified atom stereocenters. The number of carbonyl (C=O) groups is 2. The molecule has 0 bridgehead atoms. The molecule has 0 amide bonds. The zero-order valence-corrected chi connectivity index (χ0v) is 18.4. The van der Waals surface area contributed by atoms with Crippen LogP contribution in [0.15, 0.2) is 54.6 Å². The van der Waals surface area contributed by atoms with Crippen molar-refractivity contribution in [2.75, 3.05) is 24.7 Å². The van der Waals surface area contributed by atoms with Gasteiger partial charge in [-0.3, -0.25) is 4.79 Å². The Bertz CT molecular complexity index is 839. The number of thiocarbonyl (C=S) groups is 1. The summed E-state index contributed by atoms with van der Waals surface area (Å²) in [4.78, 5) is 26.4. The lowest BCUT2D eigenvalue weighted by Gasteiger charge is -2.20. The van der Waals surface area contributed by atoms with Crippen LogP contribution in [0.3, 0.4) is 0 Å². The molecule has 2 atom stereocenters. The quantitative estimate of drug-likeness (QED) is 0.438. The SMILES string of the molecule is C[C@H](C(=O)c1ccccc1)C(=S)N[C@@H](CSCc1ccc(N(C)C)cc1)C(=O)O. The number of benzene rings is 2. The number of nitrogens with zero attached hydrogens (tertiary/aromatic N) is 1. The van der Waals surface area contributed by atoms with Crippen molar-refractivity contribution in [3.05, 3.63) is 65.7 Å². The van der Waals surface area contributed by atoms with Crippen LogP contribution < -0.4 is 10.2 Å². The largest absolute Gasteiger partial charge is 0.480 e. The molecular formula is C22H26N2O3S2. The van der Waals surface area contributed by atoms with E-state index in [1.807, 2.05) is 49.3 Å². The number of ketones is 1. The van der Waals surface area contributed by atoms with Crippen molar-refractivity contribution in [2.24, 2.45) is 5.92 Å². The van der Waals surface area contributed by atoms with E-state index >= 15 is 0 Å². The van der Waals surface area contributed by atoms with E-state index in [4.69, 9.17) is 12.2 Å². The Kier molecular flexibility index (Phi) is 8.67. The van der Waals surface area contributed by atoms with Crippen LogP contribution in [-0.2, 0) is 10.5 Å². The number of nitrogens with one attached hydrogen (secondary N) is 1. The number of hydrogen-bond acceptors (Lipinski definition) is 5. The van der Waals surface area contributed by atoms with Gasteiger partial charge in [0.25, 0.3) is 0 Å². The molecule has 2 N–H and O–H groups in total. The van der Waals surface area contributed by atoms with E-state index in [1.54, 1.807) is 31.2 Å². The topological polar surface area (TPSA) is 69.6 Å². The number of carboxylic acid groups (broad SMARTS) is 1. The van der Waals surface area contributed by atoms with E-state index in [0.717, 1.165) is 11.3 Å². The summed E-state index contributed by atoms with van der Waals surface area (Å²) in [5.41, 5.74) is 2.80. The van der Waals surface area contributed by atoms with Gasteiger partial charge in [-0.15, -0.1) is 0 Å². The van der Waals surface area contributed by atoms with Crippen LogP contribution in [0.4, 0.5) is 5.69 Å². The van der Waals surface area contributed by atoms with Gasteiger partial charge in [-0.2, -0.15) is 11.8 Å². The third-order valence-corrected chi connectivity index (χ3v) is 6.04. The number of carbonyl (C=O) groups excluding carboxylic acids is 1. The molecule has 154 valence electrons. The number of Topliss-reactive ketones (excluding diaryl/α,β-unsaturated/α-hetero) is 1. The van der Waals surface area contributed by atoms with Gasteiger partial charge in [-0.1, -0.05) is 54.7 Å². The van der Waals surface area contributed by atoms with Crippen LogP contribution in [0.1, 0.15) is 22.8 Å². The second kappa shape index (κ2) is 11.0. The molecule has 2 rings (SSSR count). The monoisotopic (exact) mass is 430 g/mol. The minimum atomic E-state index is -0.984. The molecule has 0 aromatic heterocycles. The summed E-state index contributed by atoms with van der Waals surface area (Å²) < 4.78 is 0. The van der Waals surface area contributed by atoms with Crippen molar-refractivity contribution in [3.63, 3.8) is 0 Å². The van der Waals surface area contributed by atoms with Crippen LogP contribution in [0.2, 0.25) is 0 Å². The van der Waals surface area contributed by atoms with E-state index in [0.29, 0.717) is 17.1 Å². The summed E-state index contributed by atoms with van der Waals surface area (Å²) in [5.74, 6) is -0.650. The Morgan fingerprint density at radius 1 is 1.10 bits per heavy atom. The second-order valence-electron chi connectivity index (χ2n) is 6.93. The molecule has 0 aliphatic carbocycles. The average Bonchev–Trinajstić information content (AvgIpc) is 2.72. The van der Waals surface area contributed by atoms with Crippen molar-refractivity contribution in [1.29, 1.82) is 0 Å². The van der Waals surface area contributed by atoms with Gasteiger partial charge < -0.3 is 15.3 Å². The number of aliphatic carboxylic acids is 1. The van der Waals surface area contributed by atoms with E-state index in [1.165, 1.54) is 11.8 Å². The Balaban J connectivity index is 1.89.